The Morgan fingerprint density at radius 1 is 1.27 bits per heavy atom. The molecule has 1 saturated heterocycles. The first kappa shape index (κ1) is 15.3. The van der Waals surface area contributed by atoms with Gasteiger partial charge in [-0.05, 0) is 43.9 Å². The molecule has 1 aromatic carbocycles. The van der Waals surface area contributed by atoms with E-state index in [1.807, 2.05) is 0 Å². The van der Waals surface area contributed by atoms with Crippen LogP contribution in [-0.2, 0) is 14.8 Å². The second-order valence-electron chi connectivity index (χ2n) is 5.74. The average molecular weight is 324 g/mol. The fourth-order valence-electron chi connectivity index (χ4n) is 2.60. The van der Waals surface area contributed by atoms with Gasteiger partial charge in [0, 0.05) is 19.0 Å². The predicted molar refractivity (Wildman–Crippen MR) is 82.3 cm³/mol. The molecule has 120 valence electrons. The zero-order valence-corrected chi connectivity index (χ0v) is 13.4. The minimum absolute atomic E-state index is 0.0450. The SMILES string of the molecule is COc1ccc(S(=O)(=O)N2CCCC2)cc1NC(=O)C1CC1. The van der Waals surface area contributed by atoms with Gasteiger partial charge in [0.25, 0.3) is 0 Å². The van der Waals surface area contributed by atoms with Gasteiger partial charge in [-0.25, -0.2) is 8.42 Å². The monoisotopic (exact) mass is 324 g/mol. The number of carbonyl (C=O) groups excluding carboxylic acids is 1. The van der Waals surface area contributed by atoms with E-state index in [1.54, 1.807) is 6.07 Å². The number of sulfonamides is 1. The summed E-state index contributed by atoms with van der Waals surface area (Å²) in [6.45, 7) is 1.11. The molecule has 0 aromatic heterocycles. The van der Waals surface area contributed by atoms with Crippen LogP contribution in [0.2, 0.25) is 0 Å². The van der Waals surface area contributed by atoms with E-state index in [4.69, 9.17) is 4.74 Å². The van der Waals surface area contributed by atoms with Gasteiger partial charge in [0.15, 0.2) is 0 Å². The van der Waals surface area contributed by atoms with Crippen molar-refractivity contribution in [3.8, 4) is 5.75 Å². The zero-order chi connectivity index (χ0) is 15.7. The number of anilines is 1. The number of nitrogens with zero attached hydrogens (tertiary/aromatic N) is 1. The first-order valence-electron chi connectivity index (χ1n) is 7.51. The molecule has 1 heterocycles. The van der Waals surface area contributed by atoms with E-state index in [0.717, 1.165) is 25.7 Å². The largest absolute Gasteiger partial charge is 0.495 e. The molecule has 1 N–H and O–H groups in total. The molecule has 6 nitrogen and oxygen atoms in total. The van der Waals surface area contributed by atoms with E-state index >= 15 is 0 Å². The van der Waals surface area contributed by atoms with Crippen LogP contribution < -0.4 is 10.1 Å². The van der Waals surface area contributed by atoms with Gasteiger partial charge in [0.2, 0.25) is 15.9 Å². The highest BCUT2D eigenvalue weighted by Gasteiger charge is 2.31. The molecule has 0 atom stereocenters. The van der Waals surface area contributed by atoms with Crippen molar-refractivity contribution < 1.29 is 17.9 Å². The second kappa shape index (κ2) is 5.89. The van der Waals surface area contributed by atoms with Gasteiger partial charge in [-0.3, -0.25) is 4.79 Å². The standard InChI is InChI=1S/C15H20N2O4S/c1-21-14-7-6-12(22(19,20)17-8-2-3-9-17)10-13(14)16-15(18)11-4-5-11/h6-7,10-11H,2-5,8-9H2,1H3,(H,16,18). The normalized spacial score (nSPS) is 19.1. The highest BCUT2D eigenvalue weighted by Crippen LogP contribution is 2.34. The number of amides is 1. The number of rotatable bonds is 5. The van der Waals surface area contributed by atoms with E-state index in [-0.39, 0.29) is 16.7 Å². The van der Waals surface area contributed by atoms with Crippen molar-refractivity contribution >= 4 is 21.6 Å². The van der Waals surface area contributed by atoms with Gasteiger partial charge >= 0.3 is 0 Å². The lowest BCUT2D eigenvalue weighted by molar-refractivity contribution is -0.117. The van der Waals surface area contributed by atoms with Gasteiger partial charge in [-0.1, -0.05) is 0 Å². The summed E-state index contributed by atoms with van der Waals surface area (Å²) in [6, 6.07) is 4.61. The van der Waals surface area contributed by atoms with E-state index < -0.39 is 10.0 Å². The maximum absolute atomic E-state index is 12.6. The third-order valence-corrected chi connectivity index (χ3v) is 5.97. The molecule has 0 radical (unpaired) electrons. The molecule has 1 aliphatic carbocycles. The highest BCUT2D eigenvalue weighted by atomic mass is 32.2. The summed E-state index contributed by atoms with van der Waals surface area (Å²) in [5.41, 5.74) is 0.416. The summed E-state index contributed by atoms with van der Waals surface area (Å²) < 4.78 is 31.9. The van der Waals surface area contributed by atoms with Crippen molar-refractivity contribution in [1.29, 1.82) is 0 Å². The number of hydrogen-bond acceptors (Lipinski definition) is 4. The van der Waals surface area contributed by atoms with Crippen LogP contribution in [0.4, 0.5) is 5.69 Å². The Hall–Kier alpha value is -1.60. The van der Waals surface area contributed by atoms with Crippen LogP contribution in [0.15, 0.2) is 23.1 Å². The predicted octanol–water partition coefficient (Wildman–Crippen LogP) is 1.83. The first-order valence-corrected chi connectivity index (χ1v) is 8.95. The molecule has 0 spiro atoms. The van der Waals surface area contributed by atoms with E-state index in [0.29, 0.717) is 24.5 Å². The van der Waals surface area contributed by atoms with Crippen LogP contribution in [0.25, 0.3) is 0 Å². The molecule has 3 rings (SSSR count). The molecule has 1 aliphatic heterocycles. The van der Waals surface area contributed by atoms with Crippen molar-refractivity contribution in [2.24, 2.45) is 5.92 Å². The van der Waals surface area contributed by atoms with Gasteiger partial charge in [-0.2, -0.15) is 4.31 Å². The topological polar surface area (TPSA) is 75.7 Å². The van der Waals surface area contributed by atoms with Crippen LogP contribution in [-0.4, -0.2) is 38.8 Å². The lowest BCUT2D eigenvalue weighted by Crippen LogP contribution is -2.28. The van der Waals surface area contributed by atoms with E-state index in [9.17, 15) is 13.2 Å². The Morgan fingerprint density at radius 3 is 2.55 bits per heavy atom. The van der Waals surface area contributed by atoms with Crippen molar-refractivity contribution in [1.82, 2.24) is 4.31 Å². The Kier molecular flexibility index (Phi) is 4.10. The van der Waals surface area contributed by atoms with Crippen molar-refractivity contribution in [2.45, 2.75) is 30.6 Å². The number of nitrogens with one attached hydrogen (secondary N) is 1. The second-order valence-corrected chi connectivity index (χ2v) is 7.67. The molecular formula is C15H20N2O4S. The Balaban J connectivity index is 1.90. The summed E-state index contributed by atoms with van der Waals surface area (Å²) in [6.07, 6.45) is 3.56. The fraction of sp³-hybridized carbons (Fsp3) is 0.533. The Morgan fingerprint density at radius 2 is 1.95 bits per heavy atom. The summed E-state index contributed by atoms with van der Waals surface area (Å²) >= 11 is 0. The summed E-state index contributed by atoms with van der Waals surface area (Å²) in [5, 5.41) is 2.78. The van der Waals surface area contributed by atoms with Crippen LogP contribution in [0.3, 0.4) is 0 Å². The molecule has 22 heavy (non-hydrogen) atoms. The third kappa shape index (κ3) is 2.96. The minimum atomic E-state index is -3.50. The Bertz CT molecular complexity index is 677. The molecule has 0 bridgehead atoms. The molecule has 7 heteroatoms. The molecule has 1 aromatic rings. The minimum Gasteiger partial charge on any atom is -0.495 e. The fourth-order valence-corrected chi connectivity index (χ4v) is 4.15. The third-order valence-electron chi connectivity index (χ3n) is 4.08. The van der Waals surface area contributed by atoms with E-state index in [2.05, 4.69) is 5.32 Å². The van der Waals surface area contributed by atoms with Gasteiger partial charge in [0.05, 0.1) is 17.7 Å². The molecule has 0 unspecified atom stereocenters. The zero-order valence-electron chi connectivity index (χ0n) is 12.5. The maximum Gasteiger partial charge on any atom is 0.243 e. The number of carbonyl (C=O) groups is 1. The summed E-state index contributed by atoms with van der Waals surface area (Å²) in [5.74, 6) is 0.437. The van der Waals surface area contributed by atoms with Gasteiger partial charge in [0.1, 0.15) is 5.75 Å². The molecule has 2 aliphatic rings. The van der Waals surface area contributed by atoms with Crippen molar-refractivity contribution in [3.63, 3.8) is 0 Å². The lowest BCUT2D eigenvalue weighted by atomic mass is 10.2. The quantitative estimate of drug-likeness (QED) is 0.896. The first-order chi connectivity index (χ1) is 10.5. The van der Waals surface area contributed by atoms with Crippen LogP contribution in [0.1, 0.15) is 25.7 Å². The van der Waals surface area contributed by atoms with Gasteiger partial charge < -0.3 is 10.1 Å². The Labute approximate surface area is 130 Å². The molecule has 1 amide bonds. The highest BCUT2D eigenvalue weighted by molar-refractivity contribution is 7.89. The average Bonchev–Trinajstić information content (AvgIpc) is 3.21. The number of ether oxygens (including phenoxy) is 1. The summed E-state index contributed by atoms with van der Waals surface area (Å²) in [4.78, 5) is 12.1. The maximum atomic E-state index is 12.6. The lowest BCUT2D eigenvalue weighted by Gasteiger charge is -2.17. The van der Waals surface area contributed by atoms with E-state index in [1.165, 1.54) is 23.5 Å². The van der Waals surface area contributed by atoms with Gasteiger partial charge in [-0.15, -0.1) is 0 Å². The molecular weight excluding hydrogens is 304 g/mol. The van der Waals surface area contributed by atoms with Crippen molar-refractivity contribution in [2.75, 3.05) is 25.5 Å². The number of benzene rings is 1. The smallest absolute Gasteiger partial charge is 0.243 e. The molecule has 1 saturated carbocycles. The number of methoxy groups -OCH3 is 1. The molecule has 2 fully saturated rings. The van der Waals surface area contributed by atoms with Crippen LogP contribution in [0, 0.1) is 5.92 Å². The van der Waals surface area contributed by atoms with Crippen LogP contribution >= 0.6 is 0 Å². The van der Waals surface area contributed by atoms with Crippen LogP contribution in [0.5, 0.6) is 5.75 Å². The van der Waals surface area contributed by atoms with Crippen molar-refractivity contribution in [3.05, 3.63) is 18.2 Å². The summed E-state index contributed by atoms with van der Waals surface area (Å²) in [7, 11) is -2.00. The number of hydrogen-bond donors (Lipinski definition) is 1.